The fourth-order valence-electron chi connectivity index (χ4n) is 7.17. The van der Waals surface area contributed by atoms with E-state index in [1.807, 2.05) is 25.3 Å². The molecule has 184 valence electrons. The van der Waals surface area contributed by atoms with Crippen molar-refractivity contribution in [2.45, 2.75) is 68.7 Å². The summed E-state index contributed by atoms with van der Waals surface area (Å²) in [6.45, 7) is 5.01. The average molecular weight is 475 g/mol. The lowest BCUT2D eigenvalue weighted by Crippen LogP contribution is -2.76. The number of carbonyl (C=O) groups excluding carboxylic acids is 1. The first-order valence-corrected chi connectivity index (χ1v) is 12.6. The zero-order valence-corrected chi connectivity index (χ0v) is 20.9. The molecule has 5 atom stereocenters. The molecule has 0 aromatic heterocycles. The van der Waals surface area contributed by atoms with Gasteiger partial charge in [0, 0.05) is 25.1 Å². The third-order valence-electron chi connectivity index (χ3n) is 9.32. The number of aliphatic hydroxyl groups is 1. The minimum atomic E-state index is -1.11. The zero-order valence-electron chi connectivity index (χ0n) is 20.9. The van der Waals surface area contributed by atoms with Gasteiger partial charge in [0.25, 0.3) is 0 Å². The Morgan fingerprint density at radius 3 is 2.80 bits per heavy atom. The first-order valence-electron chi connectivity index (χ1n) is 12.6. The number of phenolic OH excluding ortho intramolecular Hbond substituents is 1. The van der Waals surface area contributed by atoms with E-state index < -0.39 is 17.1 Å². The molecule has 2 aliphatic carbocycles. The Bertz CT molecular complexity index is 1260. The van der Waals surface area contributed by atoms with Crippen molar-refractivity contribution in [2.75, 3.05) is 20.6 Å². The first-order chi connectivity index (χ1) is 16.7. The average Bonchev–Trinajstić information content (AvgIpc) is 3.19. The Morgan fingerprint density at radius 1 is 1.23 bits per heavy atom. The lowest BCUT2D eigenvalue weighted by atomic mass is 9.50. The van der Waals surface area contributed by atoms with Crippen molar-refractivity contribution < 1.29 is 19.7 Å². The maximum Gasteiger partial charge on any atom is 0.223 e. The molecule has 2 N–H and O–H groups in total. The van der Waals surface area contributed by atoms with Crippen LogP contribution >= 0.6 is 0 Å². The van der Waals surface area contributed by atoms with Crippen LogP contribution in [-0.4, -0.2) is 70.3 Å². The summed E-state index contributed by atoms with van der Waals surface area (Å²) in [5, 5.41) is 22.9. The molecule has 6 rings (SSSR count). The van der Waals surface area contributed by atoms with Crippen LogP contribution in [-0.2, 0) is 23.1 Å². The molecule has 4 aliphatic rings. The maximum absolute atomic E-state index is 13.4. The number of ether oxygens (including phenoxy) is 1. The molecule has 2 aromatic carbocycles. The molecule has 1 amide bonds. The van der Waals surface area contributed by atoms with Crippen LogP contribution in [0.1, 0.15) is 40.7 Å². The van der Waals surface area contributed by atoms with Crippen LogP contribution in [0.3, 0.4) is 0 Å². The summed E-state index contributed by atoms with van der Waals surface area (Å²) < 4.78 is 6.51. The van der Waals surface area contributed by atoms with Crippen molar-refractivity contribution in [3.05, 3.63) is 70.3 Å². The van der Waals surface area contributed by atoms with Crippen molar-refractivity contribution in [3.63, 3.8) is 0 Å². The SMILES string of the molecule is Cc1ccc(CCC(=O)N(C)C2C=C[C@@]3(O)[C@H]4Cc5ccc(O)c6c5[C@@]3(CCN4C)C2O6)cc1C. The number of piperidine rings is 1. The minimum absolute atomic E-state index is 0.0454. The minimum Gasteiger partial charge on any atom is -0.504 e. The van der Waals surface area contributed by atoms with Gasteiger partial charge >= 0.3 is 0 Å². The Balaban J connectivity index is 1.34. The van der Waals surface area contributed by atoms with Crippen molar-refractivity contribution >= 4 is 5.91 Å². The van der Waals surface area contributed by atoms with E-state index in [0.29, 0.717) is 31.4 Å². The highest BCUT2D eigenvalue weighted by molar-refractivity contribution is 5.77. The number of rotatable bonds is 4. The van der Waals surface area contributed by atoms with Crippen LogP contribution < -0.4 is 4.74 Å². The van der Waals surface area contributed by atoms with E-state index in [2.05, 4.69) is 44.0 Å². The molecule has 6 nitrogen and oxygen atoms in total. The van der Waals surface area contributed by atoms with Crippen molar-refractivity contribution in [2.24, 2.45) is 0 Å². The Kier molecular flexibility index (Phi) is 4.90. The van der Waals surface area contributed by atoms with Crippen LogP contribution in [0.25, 0.3) is 0 Å². The summed E-state index contributed by atoms with van der Waals surface area (Å²) in [4.78, 5) is 17.4. The number of benzene rings is 2. The van der Waals surface area contributed by atoms with E-state index in [0.717, 1.165) is 23.2 Å². The molecule has 1 spiro atoms. The lowest BCUT2D eigenvalue weighted by molar-refractivity contribution is -0.152. The van der Waals surface area contributed by atoms with Gasteiger partial charge in [-0.2, -0.15) is 0 Å². The van der Waals surface area contributed by atoms with Gasteiger partial charge in [-0.15, -0.1) is 0 Å². The standard InChI is InChI=1S/C29H34N2O4/c1-17-5-6-19(15-18(17)2)7-10-24(33)31(4)21-11-12-29(34)23-16-20-8-9-22(32)26-25(20)28(29,27(21)35-26)13-14-30(23)3/h5-6,8-9,11-12,15,21,23,27,32,34H,7,10,13-14,16H2,1-4H3/t21?,23-,27?,28+,29-/m1/s1. The third-order valence-corrected chi connectivity index (χ3v) is 9.32. The van der Waals surface area contributed by atoms with Crippen molar-refractivity contribution in [1.29, 1.82) is 0 Å². The third kappa shape index (κ3) is 2.93. The van der Waals surface area contributed by atoms with Crippen molar-refractivity contribution in [3.8, 4) is 11.5 Å². The number of hydrogen-bond acceptors (Lipinski definition) is 5. The van der Waals surface area contributed by atoms with Gasteiger partial charge in [0.05, 0.1) is 11.5 Å². The van der Waals surface area contributed by atoms with Crippen LogP contribution in [0.15, 0.2) is 42.5 Å². The molecule has 1 saturated heterocycles. The Morgan fingerprint density at radius 2 is 2.03 bits per heavy atom. The number of likely N-dealkylation sites (N-methyl/N-ethyl adjacent to an activating group) is 2. The molecule has 6 heteroatoms. The van der Waals surface area contributed by atoms with Gasteiger partial charge in [0.15, 0.2) is 11.5 Å². The second-order valence-corrected chi connectivity index (χ2v) is 11.0. The second kappa shape index (κ2) is 7.58. The fraction of sp³-hybridized carbons (Fsp3) is 0.483. The molecule has 2 bridgehead atoms. The van der Waals surface area contributed by atoms with Crippen LogP contribution in [0.2, 0.25) is 0 Å². The number of nitrogens with zero attached hydrogens (tertiary/aromatic N) is 2. The lowest BCUT2D eigenvalue weighted by Gasteiger charge is -2.62. The summed E-state index contributed by atoms with van der Waals surface area (Å²) in [6, 6.07) is 9.62. The van der Waals surface area contributed by atoms with E-state index in [4.69, 9.17) is 4.74 Å². The van der Waals surface area contributed by atoms with E-state index in [1.165, 1.54) is 11.1 Å². The molecule has 0 radical (unpaired) electrons. The monoisotopic (exact) mass is 474 g/mol. The summed E-state index contributed by atoms with van der Waals surface area (Å²) >= 11 is 0. The quantitative estimate of drug-likeness (QED) is 0.667. The van der Waals surface area contributed by atoms with Gasteiger partial charge in [0.2, 0.25) is 5.91 Å². The second-order valence-electron chi connectivity index (χ2n) is 11.0. The van der Waals surface area contributed by atoms with Crippen LogP contribution in [0.4, 0.5) is 0 Å². The molecule has 1 fully saturated rings. The largest absolute Gasteiger partial charge is 0.504 e. The molecule has 2 unspecified atom stereocenters. The van der Waals surface area contributed by atoms with E-state index in [1.54, 1.807) is 11.0 Å². The summed E-state index contributed by atoms with van der Waals surface area (Å²) in [7, 11) is 3.90. The Labute approximate surface area is 206 Å². The van der Waals surface area contributed by atoms with Gasteiger partial charge in [0.1, 0.15) is 11.7 Å². The van der Waals surface area contributed by atoms with Gasteiger partial charge in [-0.25, -0.2) is 0 Å². The van der Waals surface area contributed by atoms with E-state index in [9.17, 15) is 15.0 Å². The summed E-state index contributed by atoms with van der Waals surface area (Å²) in [5.41, 5.74) is 3.91. The molecular weight excluding hydrogens is 440 g/mol. The molecular formula is C29H34N2O4. The fourth-order valence-corrected chi connectivity index (χ4v) is 7.17. The summed E-state index contributed by atoms with van der Waals surface area (Å²) in [6.07, 6.45) is 5.92. The first kappa shape index (κ1) is 22.6. The number of aromatic hydroxyl groups is 1. The molecule has 2 heterocycles. The zero-order chi connectivity index (χ0) is 24.7. The number of amides is 1. The number of phenols is 1. The number of likely N-dealkylation sites (tertiary alicyclic amines) is 1. The molecule has 35 heavy (non-hydrogen) atoms. The van der Waals surface area contributed by atoms with Crippen LogP contribution in [0.5, 0.6) is 11.5 Å². The van der Waals surface area contributed by atoms with Gasteiger partial charge in [-0.3, -0.25) is 9.69 Å². The van der Waals surface area contributed by atoms with Gasteiger partial charge in [-0.05, 0) is 75.0 Å². The summed E-state index contributed by atoms with van der Waals surface area (Å²) in [5.74, 6) is 0.636. The number of aryl methyl sites for hydroxylation is 3. The van der Waals surface area contributed by atoms with Crippen molar-refractivity contribution in [1.82, 2.24) is 9.80 Å². The smallest absolute Gasteiger partial charge is 0.223 e. The maximum atomic E-state index is 13.4. The van der Waals surface area contributed by atoms with Crippen LogP contribution in [0, 0.1) is 13.8 Å². The normalized spacial score (nSPS) is 32.2. The predicted octanol–water partition coefficient (Wildman–Crippen LogP) is 3.03. The molecule has 2 aromatic rings. The topological polar surface area (TPSA) is 73.2 Å². The molecule has 2 aliphatic heterocycles. The van der Waals surface area contributed by atoms with E-state index in [-0.39, 0.29) is 23.7 Å². The highest BCUT2D eigenvalue weighted by atomic mass is 16.5. The van der Waals surface area contributed by atoms with Gasteiger partial charge in [-0.1, -0.05) is 36.4 Å². The highest BCUT2D eigenvalue weighted by Gasteiger charge is 2.71. The highest BCUT2D eigenvalue weighted by Crippen LogP contribution is 2.64. The number of hydrogen-bond donors (Lipinski definition) is 2. The van der Waals surface area contributed by atoms with Gasteiger partial charge < -0.3 is 19.8 Å². The molecule has 0 saturated carbocycles. The predicted molar refractivity (Wildman–Crippen MR) is 134 cm³/mol. The number of carbonyl (C=O) groups is 1. The van der Waals surface area contributed by atoms with E-state index >= 15 is 0 Å². The Hall–Kier alpha value is -2.83.